The summed E-state index contributed by atoms with van der Waals surface area (Å²) in [5, 5.41) is 13.5. The maximum absolute atomic E-state index is 12.1. The molecule has 2 N–H and O–H groups in total. The van der Waals surface area contributed by atoms with Gasteiger partial charge in [0.15, 0.2) is 5.69 Å². The number of carboxylic acids is 1. The number of aromatic nitrogens is 1. The third kappa shape index (κ3) is 5.07. The molecule has 2 rings (SSSR count). The number of aromatic carboxylic acids is 1. The van der Waals surface area contributed by atoms with E-state index in [0.717, 1.165) is 0 Å². The molecule has 1 amide bonds. The molecule has 7 heteroatoms. The van der Waals surface area contributed by atoms with E-state index in [4.69, 9.17) is 9.84 Å². The summed E-state index contributed by atoms with van der Waals surface area (Å²) in [5.74, 6) is -0.282. The highest BCUT2D eigenvalue weighted by molar-refractivity contribution is 7.09. The fourth-order valence-electron chi connectivity index (χ4n) is 1.74. The van der Waals surface area contributed by atoms with Gasteiger partial charge in [-0.05, 0) is 24.1 Å². The largest absolute Gasteiger partial charge is 0.493 e. The van der Waals surface area contributed by atoms with E-state index in [9.17, 15) is 9.59 Å². The van der Waals surface area contributed by atoms with E-state index in [1.165, 1.54) is 16.7 Å². The van der Waals surface area contributed by atoms with Gasteiger partial charge in [-0.1, -0.05) is 19.9 Å². The van der Waals surface area contributed by atoms with Gasteiger partial charge >= 0.3 is 5.97 Å². The molecule has 0 spiro atoms. The molecule has 0 saturated carbocycles. The molecule has 6 nitrogen and oxygen atoms in total. The minimum atomic E-state index is -1.08. The predicted molar refractivity (Wildman–Crippen MR) is 87.0 cm³/mol. The topological polar surface area (TPSA) is 88.5 Å². The number of thiazole rings is 1. The second kappa shape index (κ2) is 7.73. The lowest BCUT2D eigenvalue weighted by molar-refractivity contribution is 0.0691. The monoisotopic (exact) mass is 334 g/mol. The van der Waals surface area contributed by atoms with Crippen molar-refractivity contribution in [2.24, 2.45) is 5.92 Å². The molecule has 1 aromatic heterocycles. The van der Waals surface area contributed by atoms with Crippen LogP contribution in [0.15, 0.2) is 29.6 Å². The van der Waals surface area contributed by atoms with E-state index in [-0.39, 0.29) is 18.1 Å². The third-order valence-electron chi connectivity index (χ3n) is 2.85. The maximum Gasteiger partial charge on any atom is 0.355 e. The van der Waals surface area contributed by atoms with Crippen LogP contribution in [0, 0.1) is 5.92 Å². The van der Waals surface area contributed by atoms with Crippen LogP contribution in [0.4, 0.5) is 0 Å². The lowest BCUT2D eigenvalue weighted by Crippen LogP contribution is -2.22. The number of carbonyl (C=O) groups excluding carboxylic acids is 1. The number of hydrogen-bond donors (Lipinski definition) is 2. The van der Waals surface area contributed by atoms with E-state index in [2.05, 4.69) is 24.1 Å². The molecule has 0 saturated heterocycles. The number of nitrogens with one attached hydrogen (secondary N) is 1. The van der Waals surface area contributed by atoms with Crippen LogP contribution in [0.5, 0.6) is 5.75 Å². The van der Waals surface area contributed by atoms with E-state index in [1.807, 2.05) is 0 Å². The third-order valence-corrected chi connectivity index (χ3v) is 3.70. The molecule has 0 fully saturated rings. The minimum absolute atomic E-state index is 0.0108. The van der Waals surface area contributed by atoms with Gasteiger partial charge < -0.3 is 15.2 Å². The summed E-state index contributed by atoms with van der Waals surface area (Å²) in [7, 11) is 0. The Kier molecular flexibility index (Phi) is 5.70. The molecular formula is C16H18N2O4S. The molecule has 0 unspecified atom stereocenters. The van der Waals surface area contributed by atoms with Crippen molar-refractivity contribution in [1.82, 2.24) is 10.3 Å². The standard InChI is InChI=1S/C16H18N2O4S/c1-10(2)8-22-12-5-3-4-11(6-12)15(19)17-7-14-18-13(9-23-14)16(20)21/h3-6,9-10H,7-8H2,1-2H3,(H,17,19)(H,20,21). The van der Waals surface area contributed by atoms with Gasteiger partial charge in [0.1, 0.15) is 10.8 Å². The quantitative estimate of drug-likeness (QED) is 0.813. The zero-order chi connectivity index (χ0) is 16.8. The highest BCUT2D eigenvalue weighted by Gasteiger charge is 2.11. The van der Waals surface area contributed by atoms with Crippen molar-refractivity contribution in [2.45, 2.75) is 20.4 Å². The SMILES string of the molecule is CC(C)COc1cccc(C(=O)NCc2nc(C(=O)O)cs2)c1. The summed E-state index contributed by atoms with van der Waals surface area (Å²) >= 11 is 1.20. The molecule has 0 aliphatic rings. The van der Waals surface area contributed by atoms with Crippen molar-refractivity contribution in [3.63, 3.8) is 0 Å². The average Bonchev–Trinajstić information content (AvgIpc) is 3.00. The molecule has 2 aromatic rings. The number of carboxylic acid groups (broad SMARTS) is 1. The lowest BCUT2D eigenvalue weighted by Gasteiger charge is -2.10. The molecule has 122 valence electrons. The fraction of sp³-hybridized carbons (Fsp3) is 0.312. The Balaban J connectivity index is 1.94. The number of nitrogens with zero attached hydrogens (tertiary/aromatic N) is 1. The van der Waals surface area contributed by atoms with Crippen LogP contribution < -0.4 is 10.1 Å². The fourth-order valence-corrected chi connectivity index (χ4v) is 2.45. The van der Waals surface area contributed by atoms with Gasteiger partial charge in [-0.3, -0.25) is 4.79 Å². The number of benzene rings is 1. The van der Waals surface area contributed by atoms with E-state index in [0.29, 0.717) is 28.8 Å². The van der Waals surface area contributed by atoms with Gasteiger partial charge in [-0.2, -0.15) is 0 Å². The van der Waals surface area contributed by atoms with Gasteiger partial charge in [0.2, 0.25) is 0 Å². The first-order valence-corrected chi connectivity index (χ1v) is 8.02. The summed E-state index contributed by atoms with van der Waals surface area (Å²) in [6.07, 6.45) is 0. The molecule has 1 heterocycles. The molecule has 0 radical (unpaired) electrons. The highest BCUT2D eigenvalue weighted by Crippen LogP contribution is 2.15. The van der Waals surface area contributed by atoms with E-state index < -0.39 is 5.97 Å². The normalized spacial score (nSPS) is 10.6. The molecular weight excluding hydrogens is 316 g/mol. The second-order valence-corrected chi connectivity index (χ2v) is 6.29. The number of hydrogen-bond acceptors (Lipinski definition) is 5. The van der Waals surface area contributed by atoms with Gasteiger partial charge in [-0.15, -0.1) is 11.3 Å². The summed E-state index contributed by atoms with van der Waals surface area (Å²) in [4.78, 5) is 26.8. The van der Waals surface area contributed by atoms with Crippen LogP contribution in [0.3, 0.4) is 0 Å². The summed E-state index contributed by atoms with van der Waals surface area (Å²) in [6, 6.07) is 6.94. The Morgan fingerprint density at radius 1 is 1.39 bits per heavy atom. The Hall–Kier alpha value is -2.41. The number of rotatable bonds is 7. The van der Waals surface area contributed by atoms with Gasteiger partial charge in [0, 0.05) is 10.9 Å². The molecule has 23 heavy (non-hydrogen) atoms. The van der Waals surface area contributed by atoms with Gasteiger partial charge in [0.25, 0.3) is 5.91 Å². The van der Waals surface area contributed by atoms with Gasteiger partial charge in [-0.25, -0.2) is 9.78 Å². The first kappa shape index (κ1) is 17.0. The molecule has 1 aromatic carbocycles. The predicted octanol–water partition coefficient (Wildman–Crippen LogP) is 2.81. The Labute approximate surface area is 138 Å². The summed E-state index contributed by atoms with van der Waals surface area (Å²) < 4.78 is 5.60. The van der Waals surface area contributed by atoms with Crippen molar-refractivity contribution in [2.75, 3.05) is 6.61 Å². The van der Waals surface area contributed by atoms with Crippen molar-refractivity contribution in [3.05, 3.63) is 45.9 Å². The van der Waals surface area contributed by atoms with Crippen LogP contribution in [-0.4, -0.2) is 28.6 Å². The zero-order valence-corrected chi connectivity index (χ0v) is 13.7. The zero-order valence-electron chi connectivity index (χ0n) is 12.9. The van der Waals surface area contributed by atoms with Gasteiger partial charge in [0.05, 0.1) is 13.2 Å². The van der Waals surface area contributed by atoms with E-state index in [1.54, 1.807) is 24.3 Å². The van der Waals surface area contributed by atoms with Crippen LogP contribution in [-0.2, 0) is 6.54 Å². The van der Waals surface area contributed by atoms with Crippen molar-refractivity contribution in [3.8, 4) is 5.75 Å². The molecule has 0 aliphatic carbocycles. The first-order chi connectivity index (χ1) is 11.0. The second-order valence-electron chi connectivity index (χ2n) is 5.35. The number of ether oxygens (including phenoxy) is 1. The van der Waals surface area contributed by atoms with Crippen LogP contribution in [0.25, 0.3) is 0 Å². The van der Waals surface area contributed by atoms with Crippen LogP contribution >= 0.6 is 11.3 Å². The Morgan fingerprint density at radius 3 is 2.83 bits per heavy atom. The van der Waals surface area contributed by atoms with Crippen molar-refractivity contribution < 1.29 is 19.4 Å². The maximum atomic E-state index is 12.1. The van der Waals surface area contributed by atoms with Crippen LogP contribution in [0.1, 0.15) is 39.7 Å². The molecule has 0 aliphatic heterocycles. The van der Waals surface area contributed by atoms with E-state index >= 15 is 0 Å². The Bertz CT molecular complexity index is 697. The summed E-state index contributed by atoms with van der Waals surface area (Å²) in [5.41, 5.74) is 0.476. The highest BCUT2D eigenvalue weighted by atomic mass is 32.1. The van der Waals surface area contributed by atoms with Crippen molar-refractivity contribution in [1.29, 1.82) is 0 Å². The summed E-state index contributed by atoms with van der Waals surface area (Å²) in [6.45, 7) is 4.88. The smallest absolute Gasteiger partial charge is 0.355 e. The first-order valence-electron chi connectivity index (χ1n) is 7.14. The molecule has 0 bridgehead atoms. The van der Waals surface area contributed by atoms with Crippen LogP contribution in [0.2, 0.25) is 0 Å². The average molecular weight is 334 g/mol. The molecule has 0 atom stereocenters. The van der Waals surface area contributed by atoms with Crippen molar-refractivity contribution >= 4 is 23.2 Å². The minimum Gasteiger partial charge on any atom is -0.493 e. The number of amides is 1. The number of carbonyl (C=O) groups is 2. The Morgan fingerprint density at radius 2 is 2.17 bits per heavy atom. The lowest BCUT2D eigenvalue weighted by atomic mass is 10.2.